The molecular formula is C14H18N4O2S. The third-order valence-electron chi connectivity index (χ3n) is 2.70. The lowest BCUT2D eigenvalue weighted by molar-refractivity contribution is -0.121. The van der Waals surface area contributed by atoms with Gasteiger partial charge in [-0.05, 0) is 12.1 Å². The second-order valence-corrected chi connectivity index (χ2v) is 5.56. The Hall–Kier alpha value is -1.86. The Morgan fingerprint density at radius 1 is 1.33 bits per heavy atom. The summed E-state index contributed by atoms with van der Waals surface area (Å²) >= 11 is 1.70. The normalized spacial score (nSPS) is 10.5. The summed E-state index contributed by atoms with van der Waals surface area (Å²) in [5.74, 6) is 0.729. The van der Waals surface area contributed by atoms with Crippen LogP contribution in [-0.2, 0) is 17.8 Å². The second kappa shape index (κ2) is 8.43. The number of nitrogens with one attached hydrogen (secondary N) is 1. The van der Waals surface area contributed by atoms with Crippen LogP contribution in [0.1, 0.15) is 5.69 Å². The Morgan fingerprint density at radius 3 is 2.90 bits per heavy atom. The van der Waals surface area contributed by atoms with Gasteiger partial charge in [0.05, 0.1) is 5.69 Å². The van der Waals surface area contributed by atoms with Crippen molar-refractivity contribution in [2.45, 2.75) is 17.9 Å². The van der Waals surface area contributed by atoms with E-state index in [4.69, 9.17) is 5.11 Å². The van der Waals surface area contributed by atoms with Gasteiger partial charge in [-0.2, -0.15) is 0 Å². The Kier molecular flexibility index (Phi) is 6.23. The lowest BCUT2D eigenvalue weighted by atomic mass is 10.3. The molecule has 0 bridgehead atoms. The molecule has 2 aromatic rings. The van der Waals surface area contributed by atoms with Crippen molar-refractivity contribution in [2.24, 2.45) is 0 Å². The molecule has 2 rings (SSSR count). The largest absolute Gasteiger partial charge is 0.396 e. The van der Waals surface area contributed by atoms with Crippen molar-refractivity contribution in [2.75, 3.05) is 18.9 Å². The molecule has 2 N–H and O–H groups in total. The van der Waals surface area contributed by atoms with Crippen LogP contribution in [0.25, 0.3) is 0 Å². The summed E-state index contributed by atoms with van der Waals surface area (Å²) in [7, 11) is 0. The maximum Gasteiger partial charge on any atom is 0.241 e. The first kappa shape index (κ1) is 15.5. The summed E-state index contributed by atoms with van der Waals surface area (Å²) in [6, 6.07) is 10.1. The first-order chi connectivity index (χ1) is 10.3. The van der Waals surface area contributed by atoms with Gasteiger partial charge in [0.2, 0.25) is 5.91 Å². The number of aliphatic hydroxyl groups is 1. The highest BCUT2D eigenvalue weighted by Crippen LogP contribution is 2.15. The number of aliphatic hydroxyl groups excluding tert-OH is 1. The van der Waals surface area contributed by atoms with E-state index >= 15 is 0 Å². The van der Waals surface area contributed by atoms with E-state index in [9.17, 15) is 4.79 Å². The van der Waals surface area contributed by atoms with Crippen molar-refractivity contribution in [3.8, 4) is 0 Å². The fourth-order valence-electron chi connectivity index (χ4n) is 1.72. The zero-order valence-corrected chi connectivity index (χ0v) is 12.4. The molecule has 1 heterocycles. The van der Waals surface area contributed by atoms with E-state index in [0.29, 0.717) is 18.7 Å². The quantitative estimate of drug-likeness (QED) is 0.555. The van der Waals surface area contributed by atoms with E-state index in [1.54, 1.807) is 18.0 Å². The molecule has 1 amide bonds. The highest BCUT2D eigenvalue weighted by Gasteiger charge is 2.05. The third kappa shape index (κ3) is 5.57. The SMILES string of the molecule is O=C(Cn1cc(CCO)nn1)NCCSc1ccccc1. The minimum absolute atomic E-state index is 0.0294. The van der Waals surface area contributed by atoms with E-state index in [2.05, 4.69) is 15.6 Å². The maximum absolute atomic E-state index is 11.7. The second-order valence-electron chi connectivity index (χ2n) is 4.39. The van der Waals surface area contributed by atoms with Crippen LogP contribution in [0.4, 0.5) is 0 Å². The average Bonchev–Trinajstić information content (AvgIpc) is 2.92. The Labute approximate surface area is 127 Å². The van der Waals surface area contributed by atoms with Gasteiger partial charge in [0.1, 0.15) is 6.54 Å². The van der Waals surface area contributed by atoms with Crippen LogP contribution in [0.3, 0.4) is 0 Å². The minimum atomic E-state index is -0.0934. The van der Waals surface area contributed by atoms with E-state index in [1.807, 2.05) is 30.3 Å². The highest BCUT2D eigenvalue weighted by atomic mass is 32.2. The Morgan fingerprint density at radius 2 is 2.14 bits per heavy atom. The lowest BCUT2D eigenvalue weighted by Crippen LogP contribution is -2.29. The highest BCUT2D eigenvalue weighted by molar-refractivity contribution is 7.99. The van der Waals surface area contributed by atoms with Crippen LogP contribution in [-0.4, -0.2) is 44.9 Å². The summed E-state index contributed by atoms with van der Waals surface area (Å²) in [4.78, 5) is 12.9. The van der Waals surface area contributed by atoms with E-state index < -0.39 is 0 Å². The number of carbonyl (C=O) groups excluding carboxylic acids is 1. The molecule has 0 aliphatic carbocycles. The topological polar surface area (TPSA) is 80.0 Å². The summed E-state index contributed by atoms with van der Waals surface area (Å²) in [5.41, 5.74) is 0.685. The molecule has 0 saturated heterocycles. The number of hydrogen-bond donors (Lipinski definition) is 2. The molecule has 0 unspecified atom stereocenters. The monoisotopic (exact) mass is 306 g/mol. The number of carbonyl (C=O) groups is 1. The van der Waals surface area contributed by atoms with Crippen molar-refractivity contribution in [1.29, 1.82) is 0 Å². The lowest BCUT2D eigenvalue weighted by Gasteiger charge is -2.05. The number of hydrogen-bond acceptors (Lipinski definition) is 5. The van der Waals surface area contributed by atoms with Crippen molar-refractivity contribution < 1.29 is 9.90 Å². The van der Waals surface area contributed by atoms with Gasteiger partial charge in [-0.25, -0.2) is 4.68 Å². The van der Waals surface area contributed by atoms with E-state index in [1.165, 1.54) is 9.58 Å². The van der Waals surface area contributed by atoms with Gasteiger partial charge < -0.3 is 10.4 Å². The molecule has 0 spiro atoms. The van der Waals surface area contributed by atoms with Crippen molar-refractivity contribution in [1.82, 2.24) is 20.3 Å². The molecule has 7 heteroatoms. The average molecular weight is 306 g/mol. The number of benzene rings is 1. The smallest absolute Gasteiger partial charge is 0.241 e. The van der Waals surface area contributed by atoms with E-state index in [0.717, 1.165) is 5.75 Å². The zero-order chi connectivity index (χ0) is 14.9. The Balaban J connectivity index is 1.65. The van der Waals surface area contributed by atoms with Crippen LogP contribution in [0.5, 0.6) is 0 Å². The molecule has 6 nitrogen and oxygen atoms in total. The van der Waals surface area contributed by atoms with Gasteiger partial charge >= 0.3 is 0 Å². The van der Waals surface area contributed by atoms with Gasteiger partial charge in [0, 0.05) is 36.4 Å². The van der Waals surface area contributed by atoms with Crippen molar-refractivity contribution >= 4 is 17.7 Å². The molecule has 0 radical (unpaired) electrons. The number of aromatic nitrogens is 3. The standard InChI is InChI=1S/C14H18N4O2S/c19-8-6-12-10-18(17-16-12)11-14(20)15-7-9-21-13-4-2-1-3-5-13/h1-5,10,19H,6-9,11H2,(H,15,20). The first-order valence-electron chi connectivity index (χ1n) is 6.72. The summed E-state index contributed by atoms with van der Waals surface area (Å²) in [6.45, 7) is 0.784. The number of rotatable bonds is 8. The molecule has 0 fully saturated rings. The molecule has 1 aromatic carbocycles. The summed E-state index contributed by atoms with van der Waals surface area (Å²) in [5, 5.41) is 19.3. The zero-order valence-electron chi connectivity index (χ0n) is 11.6. The predicted molar refractivity (Wildman–Crippen MR) is 81.0 cm³/mol. The molecule has 21 heavy (non-hydrogen) atoms. The predicted octanol–water partition coefficient (Wildman–Crippen LogP) is 0.721. The van der Waals surface area contributed by atoms with Gasteiger partial charge in [-0.15, -0.1) is 16.9 Å². The van der Waals surface area contributed by atoms with Crippen molar-refractivity contribution in [3.05, 3.63) is 42.2 Å². The van der Waals surface area contributed by atoms with Crippen LogP contribution in [0.2, 0.25) is 0 Å². The van der Waals surface area contributed by atoms with E-state index in [-0.39, 0.29) is 19.1 Å². The van der Waals surface area contributed by atoms with Crippen LogP contribution in [0.15, 0.2) is 41.4 Å². The van der Waals surface area contributed by atoms with Gasteiger partial charge in [-0.1, -0.05) is 23.4 Å². The van der Waals surface area contributed by atoms with Gasteiger partial charge in [-0.3, -0.25) is 4.79 Å². The Bertz CT molecular complexity index is 559. The molecule has 0 aliphatic heterocycles. The fourth-order valence-corrected chi connectivity index (χ4v) is 2.51. The molecule has 0 aliphatic rings. The van der Waals surface area contributed by atoms with Crippen LogP contribution >= 0.6 is 11.8 Å². The number of nitrogens with zero attached hydrogens (tertiary/aromatic N) is 3. The third-order valence-corrected chi connectivity index (χ3v) is 3.71. The van der Waals surface area contributed by atoms with Gasteiger partial charge in [0.15, 0.2) is 0 Å². The van der Waals surface area contributed by atoms with Crippen molar-refractivity contribution in [3.63, 3.8) is 0 Å². The minimum Gasteiger partial charge on any atom is -0.396 e. The molecule has 0 saturated carbocycles. The summed E-state index contributed by atoms with van der Waals surface area (Å²) < 4.78 is 1.48. The fraction of sp³-hybridized carbons (Fsp3) is 0.357. The summed E-state index contributed by atoms with van der Waals surface area (Å²) in [6.07, 6.45) is 2.13. The number of amides is 1. The molecule has 112 valence electrons. The van der Waals surface area contributed by atoms with Gasteiger partial charge in [0.25, 0.3) is 0 Å². The molecular weight excluding hydrogens is 288 g/mol. The van der Waals surface area contributed by atoms with Crippen LogP contribution in [0, 0.1) is 0 Å². The number of thioether (sulfide) groups is 1. The molecule has 1 aromatic heterocycles. The molecule has 0 atom stereocenters. The van der Waals surface area contributed by atoms with Crippen LogP contribution < -0.4 is 5.32 Å². The first-order valence-corrected chi connectivity index (χ1v) is 7.71. The maximum atomic E-state index is 11.7.